The Balaban J connectivity index is 1.71. The van der Waals surface area contributed by atoms with Crippen LogP contribution in [0.15, 0.2) is 48.5 Å². The van der Waals surface area contributed by atoms with E-state index in [4.69, 9.17) is 14.2 Å². The topological polar surface area (TPSA) is 56.8 Å². The van der Waals surface area contributed by atoms with Crippen LogP contribution in [0.25, 0.3) is 0 Å². The van der Waals surface area contributed by atoms with E-state index in [9.17, 15) is 4.79 Å². The zero-order valence-electron chi connectivity index (χ0n) is 15.0. The molecule has 0 radical (unpaired) electrons. The van der Waals surface area contributed by atoms with Crippen molar-refractivity contribution in [1.82, 2.24) is 0 Å². The van der Waals surface area contributed by atoms with Gasteiger partial charge in [-0.2, -0.15) is 0 Å². The van der Waals surface area contributed by atoms with Crippen LogP contribution in [0.2, 0.25) is 0 Å². The molecule has 0 saturated heterocycles. The third-order valence-electron chi connectivity index (χ3n) is 3.37. The zero-order chi connectivity index (χ0) is 18.1. The van der Waals surface area contributed by atoms with E-state index in [1.54, 1.807) is 7.11 Å². The molecule has 25 heavy (non-hydrogen) atoms. The van der Waals surface area contributed by atoms with Crippen LogP contribution >= 0.6 is 0 Å². The molecule has 2 aromatic carbocycles. The molecule has 2 rings (SSSR count). The molecule has 134 valence electrons. The Labute approximate surface area is 148 Å². The highest BCUT2D eigenvalue weighted by molar-refractivity contribution is 5.90. The molecule has 1 N–H and O–H groups in total. The van der Waals surface area contributed by atoms with Crippen molar-refractivity contribution < 1.29 is 19.0 Å². The van der Waals surface area contributed by atoms with Crippen LogP contribution in [0, 0.1) is 0 Å². The highest BCUT2D eigenvalue weighted by Gasteiger charge is 2.05. The van der Waals surface area contributed by atoms with Crippen LogP contribution < -0.4 is 19.5 Å². The monoisotopic (exact) mass is 343 g/mol. The molecular formula is C20H25NO4. The quantitative estimate of drug-likeness (QED) is 0.691. The highest BCUT2D eigenvalue weighted by atomic mass is 16.5. The largest absolute Gasteiger partial charge is 0.497 e. The molecule has 0 heterocycles. The summed E-state index contributed by atoms with van der Waals surface area (Å²) in [6.45, 7) is 4.42. The van der Waals surface area contributed by atoms with Crippen molar-refractivity contribution in [2.75, 3.05) is 19.0 Å². The fourth-order valence-electron chi connectivity index (χ4n) is 2.24. The Morgan fingerprint density at radius 2 is 1.76 bits per heavy atom. The first-order valence-corrected chi connectivity index (χ1v) is 8.40. The summed E-state index contributed by atoms with van der Waals surface area (Å²) < 4.78 is 16.3. The van der Waals surface area contributed by atoms with Crippen molar-refractivity contribution in [2.24, 2.45) is 0 Å². The van der Waals surface area contributed by atoms with Crippen LogP contribution in [-0.4, -0.2) is 25.7 Å². The molecule has 5 heteroatoms. The number of carbonyl (C=O) groups excluding carboxylic acids is 1. The van der Waals surface area contributed by atoms with Gasteiger partial charge in [0.25, 0.3) is 0 Å². The Morgan fingerprint density at radius 3 is 2.44 bits per heavy atom. The first-order valence-electron chi connectivity index (χ1n) is 8.40. The second-order valence-electron chi connectivity index (χ2n) is 5.87. The molecular weight excluding hydrogens is 318 g/mol. The SMILES string of the molecule is COc1ccc(OCCCC(=O)Nc2cccc(OC(C)C)c2)cc1. The molecule has 5 nitrogen and oxygen atoms in total. The third kappa shape index (κ3) is 6.75. The Kier molecular flexibility index (Phi) is 7.14. The number of ether oxygens (including phenoxy) is 3. The third-order valence-corrected chi connectivity index (χ3v) is 3.37. The van der Waals surface area contributed by atoms with E-state index in [1.807, 2.05) is 62.4 Å². The first kappa shape index (κ1) is 18.6. The van der Waals surface area contributed by atoms with E-state index in [2.05, 4.69) is 5.32 Å². The normalized spacial score (nSPS) is 10.4. The van der Waals surface area contributed by atoms with Crippen LogP contribution in [0.5, 0.6) is 17.2 Å². The number of methoxy groups -OCH3 is 1. The van der Waals surface area contributed by atoms with Gasteiger partial charge < -0.3 is 19.5 Å². The van der Waals surface area contributed by atoms with E-state index in [1.165, 1.54) is 0 Å². The number of amides is 1. The summed E-state index contributed by atoms with van der Waals surface area (Å²) in [6.07, 6.45) is 1.13. The molecule has 0 saturated carbocycles. The molecule has 0 aliphatic rings. The lowest BCUT2D eigenvalue weighted by Crippen LogP contribution is -2.13. The number of rotatable bonds is 9. The summed E-state index contributed by atoms with van der Waals surface area (Å²) in [5, 5.41) is 2.88. The van der Waals surface area contributed by atoms with E-state index in [-0.39, 0.29) is 12.0 Å². The minimum absolute atomic E-state index is 0.0416. The smallest absolute Gasteiger partial charge is 0.224 e. The number of hydrogen-bond acceptors (Lipinski definition) is 4. The average molecular weight is 343 g/mol. The molecule has 0 aliphatic heterocycles. The van der Waals surface area contributed by atoms with E-state index in [0.29, 0.717) is 19.4 Å². The molecule has 0 unspecified atom stereocenters. The first-order chi connectivity index (χ1) is 12.1. The van der Waals surface area contributed by atoms with Crippen molar-refractivity contribution >= 4 is 11.6 Å². The van der Waals surface area contributed by atoms with Gasteiger partial charge in [0.1, 0.15) is 17.2 Å². The fourth-order valence-corrected chi connectivity index (χ4v) is 2.24. The molecule has 0 fully saturated rings. The second-order valence-corrected chi connectivity index (χ2v) is 5.87. The zero-order valence-corrected chi connectivity index (χ0v) is 15.0. The van der Waals surface area contributed by atoms with E-state index in [0.717, 1.165) is 22.9 Å². The molecule has 0 atom stereocenters. The van der Waals surface area contributed by atoms with Gasteiger partial charge in [-0.25, -0.2) is 0 Å². The molecule has 2 aromatic rings. The average Bonchev–Trinajstić information content (AvgIpc) is 2.59. The number of benzene rings is 2. The lowest BCUT2D eigenvalue weighted by molar-refractivity contribution is -0.116. The summed E-state index contributed by atoms with van der Waals surface area (Å²) in [5.74, 6) is 2.26. The van der Waals surface area contributed by atoms with Gasteiger partial charge in [-0.15, -0.1) is 0 Å². The minimum Gasteiger partial charge on any atom is -0.497 e. The molecule has 0 aliphatic carbocycles. The van der Waals surface area contributed by atoms with Gasteiger partial charge in [0, 0.05) is 18.2 Å². The lowest BCUT2D eigenvalue weighted by Gasteiger charge is -2.11. The second kappa shape index (κ2) is 9.57. The van der Waals surface area contributed by atoms with Crippen molar-refractivity contribution in [1.29, 1.82) is 0 Å². The summed E-state index contributed by atoms with van der Waals surface area (Å²) in [4.78, 5) is 12.0. The number of nitrogens with one attached hydrogen (secondary N) is 1. The predicted molar refractivity (Wildman–Crippen MR) is 98.6 cm³/mol. The van der Waals surface area contributed by atoms with Gasteiger partial charge >= 0.3 is 0 Å². The van der Waals surface area contributed by atoms with Gasteiger partial charge in [0.15, 0.2) is 0 Å². The van der Waals surface area contributed by atoms with Crippen LogP contribution in [0.4, 0.5) is 5.69 Å². The highest BCUT2D eigenvalue weighted by Crippen LogP contribution is 2.19. The van der Waals surface area contributed by atoms with Crippen molar-refractivity contribution in [2.45, 2.75) is 32.8 Å². The maximum absolute atomic E-state index is 12.0. The molecule has 1 amide bonds. The number of anilines is 1. The predicted octanol–water partition coefficient (Wildman–Crippen LogP) is 4.28. The maximum Gasteiger partial charge on any atom is 0.224 e. The van der Waals surface area contributed by atoms with Gasteiger partial charge in [-0.1, -0.05) is 6.07 Å². The summed E-state index contributed by atoms with van der Waals surface area (Å²) in [6, 6.07) is 14.8. The van der Waals surface area contributed by atoms with Gasteiger partial charge in [-0.05, 0) is 56.7 Å². The number of carbonyl (C=O) groups is 1. The van der Waals surface area contributed by atoms with Gasteiger partial charge in [0.05, 0.1) is 19.8 Å². The molecule has 0 bridgehead atoms. The lowest BCUT2D eigenvalue weighted by atomic mass is 10.2. The van der Waals surface area contributed by atoms with Gasteiger partial charge in [-0.3, -0.25) is 4.79 Å². The van der Waals surface area contributed by atoms with Crippen LogP contribution in [-0.2, 0) is 4.79 Å². The van der Waals surface area contributed by atoms with E-state index >= 15 is 0 Å². The Hall–Kier alpha value is -2.69. The van der Waals surface area contributed by atoms with Crippen LogP contribution in [0.3, 0.4) is 0 Å². The number of hydrogen-bond donors (Lipinski definition) is 1. The van der Waals surface area contributed by atoms with Crippen molar-refractivity contribution in [3.05, 3.63) is 48.5 Å². The van der Waals surface area contributed by atoms with Crippen molar-refractivity contribution in [3.63, 3.8) is 0 Å². The van der Waals surface area contributed by atoms with E-state index < -0.39 is 0 Å². The molecule has 0 aromatic heterocycles. The van der Waals surface area contributed by atoms with Gasteiger partial charge in [0.2, 0.25) is 5.91 Å². The van der Waals surface area contributed by atoms with Crippen LogP contribution in [0.1, 0.15) is 26.7 Å². The Morgan fingerprint density at radius 1 is 1.04 bits per heavy atom. The maximum atomic E-state index is 12.0. The summed E-state index contributed by atoms with van der Waals surface area (Å²) >= 11 is 0. The Bertz CT molecular complexity index is 668. The fraction of sp³-hybridized carbons (Fsp3) is 0.350. The van der Waals surface area contributed by atoms with Crippen molar-refractivity contribution in [3.8, 4) is 17.2 Å². The standard InChI is InChI=1S/C20H25NO4/c1-15(2)25-19-7-4-6-16(14-19)21-20(22)8-5-13-24-18-11-9-17(23-3)10-12-18/h4,6-7,9-12,14-15H,5,8,13H2,1-3H3,(H,21,22). The summed E-state index contributed by atoms with van der Waals surface area (Å²) in [7, 11) is 1.62. The molecule has 0 spiro atoms. The summed E-state index contributed by atoms with van der Waals surface area (Å²) in [5.41, 5.74) is 0.735. The minimum atomic E-state index is -0.0416.